The lowest BCUT2D eigenvalue weighted by atomic mass is 9.84. The number of aliphatic hydroxyl groups excluding tert-OH is 1. The standard InChI is InChI=1S/C13H26O3/c1-5-6-7-8-9-10-11(14)13(2,3)12(15)16-4/h11,14H,5-10H2,1-4H3. The Morgan fingerprint density at radius 3 is 2.31 bits per heavy atom. The Labute approximate surface area is 99.2 Å². The highest BCUT2D eigenvalue weighted by atomic mass is 16.5. The zero-order chi connectivity index (χ0) is 12.6. The summed E-state index contributed by atoms with van der Waals surface area (Å²) in [6.07, 6.45) is 5.84. The van der Waals surface area contributed by atoms with Crippen LogP contribution in [0.5, 0.6) is 0 Å². The SMILES string of the molecule is CCCCCCCC(O)C(C)(C)C(=O)OC. The molecule has 0 fully saturated rings. The Bertz CT molecular complexity index is 199. The normalized spacial score (nSPS) is 13.6. The lowest BCUT2D eigenvalue weighted by Crippen LogP contribution is -2.38. The van der Waals surface area contributed by atoms with Crippen molar-refractivity contribution in [2.24, 2.45) is 5.41 Å². The van der Waals surface area contributed by atoms with Crippen molar-refractivity contribution in [3.63, 3.8) is 0 Å². The second kappa shape index (κ2) is 7.66. The van der Waals surface area contributed by atoms with Crippen molar-refractivity contribution in [3.8, 4) is 0 Å². The first kappa shape index (κ1) is 15.4. The Morgan fingerprint density at radius 1 is 1.25 bits per heavy atom. The van der Waals surface area contributed by atoms with Gasteiger partial charge in [0.05, 0.1) is 18.6 Å². The van der Waals surface area contributed by atoms with Crippen molar-refractivity contribution in [2.75, 3.05) is 7.11 Å². The van der Waals surface area contributed by atoms with Gasteiger partial charge < -0.3 is 9.84 Å². The van der Waals surface area contributed by atoms with Gasteiger partial charge in [0.25, 0.3) is 0 Å². The molecule has 0 aliphatic carbocycles. The molecule has 0 saturated carbocycles. The molecule has 1 N–H and O–H groups in total. The lowest BCUT2D eigenvalue weighted by molar-refractivity contribution is -0.157. The van der Waals surface area contributed by atoms with Gasteiger partial charge in [-0.25, -0.2) is 0 Å². The molecule has 0 saturated heterocycles. The first-order valence-electron chi connectivity index (χ1n) is 6.23. The maximum absolute atomic E-state index is 11.4. The van der Waals surface area contributed by atoms with Crippen molar-refractivity contribution in [1.82, 2.24) is 0 Å². The number of esters is 1. The molecule has 16 heavy (non-hydrogen) atoms. The van der Waals surface area contributed by atoms with E-state index in [2.05, 4.69) is 11.7 Å². The monoisotopic (exact) mass is 230 g/mol. The van der Waals surface area contributed by atoms with Crippen molar-refractivity contribution in [1.29, 1.82) is 0 Å². The second-order valence-electron chi connectivity index (χ2n) is 4.93. The van der Waals surface area contributed by atoms with E-state index in [4.69, 9.17) is 0 Å². The molecule has 0 heterocycles. The third kappa shape index (κ3) is 4.97. The van der Waals surface area contributed by atoms with E-state index in [0.29, 0.717) is 6.42 Å². The van der Waals surface area contributed by atoms with Gasteiger partial charge in [-0.15, -0.1) is 0 Å². The van der Waals surface area contributed by atoms with Crippen LogP contribution in [0.25, 0.3) is 0 Å². The minimum Gasteiger partial charge on any atom is -0.469 e. The third-order valence-electron chi connectivity index (χ3n) is 3.13. The second-order valence-corrected chi connectivity index (χ2v) is 4.93. The van der Waals surface area contributed by atoms with Crippen LogP contribution in [0, 0.1) is 5.41 Å². The molecule has 0 aliphatic rings. The van der Waals surface area contributed by atoms with E-state index >= 15 is 0 Å². The van der Waals surface area contributed by atoms with Crippen molar-refractivity contribution < 1.29 is 14.6 Å². The molecule has 0 radical (unpaired) electrons. The van der Waals surface area contributed by atoms with Crippen LogP contribution in [0.4, 0.5) is 0 Å². The zero-order valence-electron chi connectivity index (χ0n) is 11.1. The molecule has 3 heteroatoms. The molecule has 0 amide bonds. The first-order chi connectivity index (χ1) is 7.46. The van der Waals surface area contributed by atoms with Crippen LogP contribution >= 0.6 is 0 Å². The van der Waals surface area contributed by atoms with Crippen LogP contribution in [0.2, 0.25) is 0 Å². The van der Waals surface area contributed by atoms with Gasteiger partial charge in [0.2, 0.25) is 0 Å². The Kier molecular flexibility index (Phi) is 7.39. The van der Waals surface area contributed by atoms with Gasteiger partial charge in [-0.2, -0.15) is 0 Å². The fourth-order valence-corrected chi connectivity index (χ4v) is 1.70. The Morgan fingerprint density at radius 2 is 1.81 bits per heavy atom. The van der Waals surface area contributed by atoms with Crippen molar-refractivity contribution in [2.45, 2.75) is 65.4 Å². The van der Waals surface area contributed by atoms with Crippen LogP contribution in [-0.4, -0.2) is 24.3 Å². The topological polar surface area (TPSA) is 46.5 Å². The fourth-order valence-electron chi connectivity index (χ4n) is 1.70. The zero-order valence-corrected chi connectivity index (χ0v) is 11.1. The average Bonchev–Trinajstić information content (AvgIpc) is 2.27. The van der Waals surface area contributed by atoms with Crippen molar-refractivity contribution in [3.05, 3.63) is 0 Å². The number of ether oxygens (including phenoxy) is 1. The van der Waals surface area contributed by atoms with Gasteiger partial charge in [-0.3, -0.25) is 4.79 Å². The van der Waals surface area contributed by atoms with E-state index in [1.54, 1.807) is 13.8 Å². The molecule has 0 aromatic rings. The van der Waals surface area contributed by atoms with Crippen LogP contribution in [-0.2, 0) is 9.53 Å². The quantitative estimate of drug-likeness (QED) is 0.515. The lowest BCUT2D eigenvalue weighted by Gasteiger charge is -2.27. The van der Waals surface area contributed by atoms with Gasteiger partial charge in [0, 0.05) is 0 Å². The number of rotatable bonds is 8. The molecular formula is C13H26O3. The molecule has 0 aromatic heterocycles. The van der Waals surface area contributed by atoms with Crippen LogP contribution < -0.4 is 0 Å². The molecule has 0 rings (SSSR count). The third-order valence-corrected chi connectivity index (χ3v) is 3.13. The summed E-state index contributed by atoms with van der Waals surface area (Å²) in [7, 11) is 1.36. The summed E-state index contributed by atoms with van der Waals surface area (Å²) in [5, 5.41) is 9.93. The molecule has 0 aliphatic heterocycles. The van der Waals surface area contributed by atoms with E-state index in [1.165, 1.54) is 26.4 Å². The van der Waals surface area contributed by atoms with E-state index in [9.17, 15) is 9.90 Å². The minimum atomic E-state index is -0.792. The predicted molar refractivity (Wildman–Crippen MR) is 65.2 cm³/mol. The van der Waals surface area contributed by atoms with Gasteiger partial charge in [-0.1, -0.05) is 39.0 Å². The highest BCUT2D eigenvalue weighted by Gasteiger charge is 2.36. The van der Waals surface area contributed by atoms with E-state index in [0.717, 1.165) is 12.8 Å². The molecule has 0 bridgehead atoms. The number of hydrogen-bond donors (Lipinski definition) is 1. The van der Waals surface area contributed by atoms with Gasteiger partial charge >= 0.3 is 5.97 Å². The Balaban J connectivity index is 3.86. The minimum absolute atomic E-state index is 0.339. The number of hydrogen-bond acceptors (Lipinski definition) is 3. The van der Waals surface area contributed by atoms with Gasteiger partial charge in [0.1, 0.15) is 0 Å². The number of methoxy groups -OCH3 is 1. The molecule has 1 unspecified atom stereocenters. The predicted octanol–water partition coefficient (Wildman–Crippen LogP) is 2.91. The first-order valence-corrected chi connectivity index (χ1v) is 6.23. The summed E-state index contributed by atoms with van der Waals surface area (Å²) in [6, 6.07) is 0. The molecule has 96 valence electrons. The van der Waals surface area contributed by atoms with Crippen molar-refractivity contribution >= 4 is 5.97 Å². The molecule has 0 aromatic carbocycles. The average molecular weight is 230 g/mol. The smallest absolute Gasteiger partial charge is 0.313 e. The molecule has 0 spiro atoms. The van der Waals surface area contributed by atoms with Crippen LogP contribution in [0.15, 0.2) is 0 Å². The largest absolute Gasteiger partial charge is 0.469 e. The summed E-state index contributed by atoms with van der Waals surface area (Å²) >= 11 is 0. The van der Waals surface area contributed by atoms with E-state index in [1.807, 2.05) is 0 Å². The fraction of sp³-hybridized carbons (Fsp3) is 0.923. The summed E-state index contributed by atoms with van der Waals surface area (Å²) in [5.74, 6) is -0.339. The maximum Gasteiger partial charge on any atom is 0.313 e. The van der Waals surface area contributed by atoms with E-state index < -0.39 is 11.5 Å². The highest BCUT2D eigenvalue weighted by Crippen LogP contribution is 2.26. The van der Waals surface area contributed by atoms with E-state index in [-0.39, 0.29) is 5.97 Å². The van der Waals surface area contributed by atoms with Crippen LogP contribution in [0.1, 0.15) is 59.3 Å². The number of carbonyl (C=O) groups excluding carboxylic acids is 1. The number of aliphatic hydroxyl groups is 1. The van der Waals surface area contributed by atoms with Gasteiger partial charge in [0.15, 0.2) is 0 Å². The number of unbranched alkanes of at least 4 members (excludes halogenated alkanes) is 4. The molecule has 3 nitrogen and oxygen atoms in total. The summed E-state index contributed by atoms with van der Waals surface area (Å²) in [6.45, 7) is 5.64. The summed E-state index contributed by atoms with van der Waals surface area (Å²) in [5.41, 5.74) is -0.792. The molecule has 1 atom stereocenters. The molecular weight excluding hydrogens is 204 g/mol. The Hall–Kier alpha value is -0.570. The summed E-state index contributed by atoms with van der Waals surface area (Å²) in [4.78, 5) is 11.4. The van der Waals surface area contributed by atoms with Gasteiger partial charge in [-0.05, 0) is 20.3 Å². The maximum atomic E-state index is 11.4. The summed E-state index contributed by atoms with van der Waals surface area (Å²) < 4.78 is 4.68. The van der Waals surface area contributed by atoms with Crippen LogP contribution in [0.3, 0.4) is 0 Å². The number of carbonyl (C=O) groups is 1. The highest BCUT2D eigenvalue weighted by molar-refractivity contribution is 5.76.